The quantitative estimate of drug-likeness (QED) is 0.321. The van der Waals surface area contributed by atoms with Gasteiger partial charge < -0.3 is 19.9 Å². The molecule has 1 aliphatic carbocycles. The number of halogens is 3. The van der Waals surface area contributed by atoms with Crippen LogP contribution in [-0.4, -0.2) is 89.1 Å². The molecule has 1 aliphatic heterocycles. The van der Waals surface area contributed by atoms with Crippen LogP contribution in [0.2, 0.25) is 0 Å². The van der Waals surface area contributed by atoms with Crippen LogP contribution in [0.4, 0.5) is 24.5 Å². The number of sulfone groups is 2. The molecule has 9 nitrogen and oxygen atoms in total. The lowest BCUT2D eigenvalue weighted by Crippen LogP contribution is -2.59. The van der Waals surface area contributed by atoms with Crippen LogP contribution in [0, 0.1) is 11.8 Å². The maximum absolute atomic E-state index is 13.6. The molecule has 0 amide bonds. The van der Waals surface area contributed by atoms with Gasteiger partial charge in [0.05, 0.1) is 40.7 Å². The normalized spacial score (nSPS) is 19.9. The highest BCUT2D eigenvalue weighted by molar-refractivity contribution is 7.91. The van der Waals surface area contributed by atoms with E-state index in [2.05, 4.69) is 27.4 Å². The molecule has 244 valence electrons. The second-order valence-corrected chi connectivity index (χ2v) is 16.2. The van der Waals surface area contributed by atoms with E-state index in [0.29, 0.717) is 41.5 Å². The lowest BCUT2D eigenvalue weighted by atomic mass is 9.88. The molecule has 1 aromatic heterocycles. The summed E-state index contributed by atoms with van der Waals surface area (Å²) in [5, 5.41) is 6.95. The summed E-state index contributed by atoms with van der Waals surface area (Å²) in [6, 6.07) is 11.8. The summed E-state index contributed by atoms with van der Waals surface area (Å²) in [5.41, 5.74) is 1.89. The number of anilines is 2. The Hall–Kier alpha value is -3.41. The lowest BCUT2D eigenvalue weighted by Gasteiger charge is -2.46. The maximum atomic E-state index is 13.6. The second-order valence-electron chi connectivity index (χ2n) is 11.8. The number of hydrogen-bond acceptors (Lipinski definition) is 8. The number of hydrogen-bond donors (Lipinski definition) is 2. The highest BCUT2D eigenvalue weighted by atomic mass is 32.2. The molecule has 2 fully saturated rings. The van der Waals surface area contributed by atoms with E-state index >= 15 is 0 Å². The topological polar surface area (TPSA) is 110 Å². The molecule has 0 bridgehead atoms. The molecule has 1 saturated carbocycles. The summed E-state index contributed by atoms with van der Waals surface area (Å²) >= 11 is 0. The molecular weight excluding hydrogens is 629 g/mol. The second kappa shape index (κ2) is 12.8. The number of likely N-dealkylation sites (tertiary alicyclic amines) is 1. The summed E-state index contributed by atoms with van der Waals surface area (Å²) < 4.78 is 94.6. The molecule has 0 unspecified atom stereocenters. The zero-order valence-corrected chi connectivity index (χ0v) is 26.9. The predicted octanol–water partition coefficient (Wildman–Crippen LogP) is 4.53. The largest absolute Gasteiger partial charge is 0.495 e. The highest BCUT2D eigenvalue weighted by Gasteiger charge is 2.39. The third-order valence-electron chi connectivity index (χ3n) is 8.52. The zero-order chi connectivity index (χ0) is 32.6. The molecule has 0 radical (unpaired) electrons. The van der Waals surface area contributed by atoms with Gasteiger partial charge in [-0.2, -0.15) is 13.2 Å². The summed E-state index contributed by atoms with van der Waals surface area (Å²) in [6.45, 7) is 0.0535. The number of ether oxygens (including phenoxy) is 1. The molecule has 1 saturated heterocycles. The Bertz CT molecular complexity index is 1830. The first-order valence-electron chi connectivity index (χ1n) is 14.6. The maximum Gasteiger partial charge on any atom is 0.406 e. The average molecular weight is 667 g/mol. The fourth-order valence-corrected chi connectivity index (χ4v) is 7.59. The molecule has 5 rings (SSSR count). The molecule has 2 aromatic carbocycles. The van der Waals surface area contributed by atoms with E-state index in [4.69, 9.17) is 4.74 Å². The molecule has 0 atom stereocenters. The van der Waals surface area contributed by atoms with Gasteiger partial charge in [0.2, 0.25) is 0 Å². The Morgan fingerprint density at radius 1 is 0.978 bits per heavy atom. The van der Waals surface area contributed by atoms with Gasteiger partial charge in [0.25, 0.3) is 0 Å². The summed E-state index contributed by atoms with van der Waals surface area (Å²) in [7, 11) is -5.03. The van der Waals surface area contributed by atoms with Crippen molar-refractivity contribution in [3.63, 3.8) is 0 Å². The van der Waals surface area contributed by atoms with Gasteiger partial charge in [0, 0.05) is 54.8 Å². The van der Waals surface area contributed by atoms with E-state index in [1.807, 2.05) is 6.07 Å². The molecule has 3 aromatic rings. The standard InChI is InChI=1S/C31H37F3N4O5S2/c1-43-30-17-24(44(2,39)40)13-14-28(30)35-15-5-6-23-16-26-27(7-4-8-29(26)38(23)20-31(32,33)34)36-21-9-11-22(12-10-21)37-18-25(19-37)45(3,41)42/h4,7-8,13-14,16-17,21-22,25,35-36H,9-12,15,18-20H2,1-3H3/t21-,22-. The van der Waals surface area contributed by atoms with Crippen molar-refractivity contribution >= 4 is 42.0 Å². The Morgan fingerprint density at radius 2 is 1.69 bits per heavy atom. The van der Waals surface area contributed by atoms with Crippen LogP contribution in [0.5, 0.6) is 5.75 Å². The van der Waals surface area contributed by atoms with Crippen molar-refractivity contribution in [2.45, 2.75) is 60.6 Å². The molecule has 14 heteroatoms. The minimum absolute atomic E-state index is 0.0818. The van der Waals surface area contributed by atoms with Crippen LogP contribution in [-0.2, 0) is 26.2 Å². The monoisotopic (exact) mass is 666 g/mol. The van der Waals surface area contributed by atoms with Crippen molar-refractivity contribution in [2.75, 3.05) is 49.9 Å². The van der Waals surface area contributed by atoms with Crippen molar-refractivity contribution in [2.24, 2.45) is 0 Å². The van der Waals surface area contributed by atoms with E-state index in [1.165, 1.54) is 30.1 Å². The summed E-state index contributed by atoms with van der Waals surface area (Å²) in [5.74, 6) is 6.07. The van der Waals surface area contributed by atoms with Crippen LogP contribution in [0.1, 0.15) is 31.4 Å². The Balaban J connectivity index is 1.30. The average Bonchev–Trinajstić information content (AvgIpc) is 3.26. The van der Waals surface area contributed by atoms with Gasteiger partial charge in [0.1, 0.15) is 12.3 Å². The van der Waals surface area contributed by atoms with Gasteiger partial charge in [-0.05, 0) is 61.9 Å². The van der Waals surface area contributed by atoms with E-state index in [9.17, 15) is 30.0 Å². The van der Waals surface area contributed by atoms with Gasteiger partial charge in [0.15, 0.2) is 19.7 Å². The Labute approximate surface area is 262 Å². The highest BCUT2D eigenvalue weighted by Crippen LogP contribution is 2.34. The van der Waals surface area contributed by atoms with Gasteiger partial charge >= 0.3 is 6.18 Å². The van der Waals surface area contributed by atoms with Crippen LogP contribution >= 0.6 is 0 Å². The third kappa shape index (κ3) is 7.88. The van der Waals surface area contributed by atoms with Crippen molar-refractivity contribution < 1.29 is 34.7 Å². The lowest BCUT2D eigenvalue weighted by molar-refractivity contribution is -0.140. The smallest absolute Gasteiger partial charge is 0.406 e. The predicted molar refractivity (Wildman–Crippen MR) is 169 cm³/mol. The zero-order valence-electron chi connectivity index (χ0n) is 25.3. The molecule has 2 heterocycles. The third-order valence-corrected chi connectivity index (χ3v) is 11.1. The first-order chi connectivity index (χ1) is 21.1. The van der Waals surface area contributed by atoms with E-state index < -0.39 is 32.4 Å². The number of benzene rings is 2. The Kier molecular flexibility index (Phi) is 9.35. The van der Waals surface area contributed by atoms with Crippen LogP contribution in [0.25, 0.3) is 10.9 Å². The summed E-state index contributed by atoms with van der Waals surface area (Å²) in [6.07, 6.45) is 1.51. The first-order valence-corrected chi connectivity index (χ1v) is 18.5. The fourth-order valence-electron chi connectivity index (χ4n) is 6.03. The van der Waals surface area contributed by atoms with Crippen molar-refractivity contribution in [1.82, 2.24) is 9.47 Å². The molecule has 2 aliphatic rings. The van der Waals surface area contributed by atoms with Crippen molar-refractivity contribution in [3.8, 4) is 17.6 Å². The van der Waals surface area contributed by atoms with Gasteiger partial charge in [-0.3, -0.25) is 4.90 Å². The first kappa shape index (κ1) is 33.0. The van der Waals surface area contributed by atoms with Crippen molar-refractivity contribution in [3.05, 3.63) is 48.2 Å². The minimum atomic E-state index is -4.45. The number of fused-ring (bicyclic) bond motifs is 1. The Morgan fingerprint density at radius 3 is 2.31 bits per heavy atom. The van der Waals surface area contributed by atoms with Crippen LogP contribution < -0.4 is 15.4 Å². The summed E-state index contributed by atoms with van der Waals surface area (Å²) in [4.78, 5) is 2.34. The van der Waals surface area contributed by atoms with Crippen molar-refractivity contribution in [1.29, 1.82) is 0 Å². The van der Waals surface area contributed by atoms with Gasteiger partial charge in [-0.1, -0.05) is 12.0 Å². The molecule has 2 N–H and O–H groups in total. The van der Waals surface area contributed by atoms with E-state index in [-0.39, 0.29) is 28.4 Å². The number of nitrogens with one attached hydrogen (secondary N) is 2. The van der Waals surface area contributed by atoms with E-state index in [1.54, 1.807) is 24.3 Å². The SMILES string of the molecule is COc1cc(S(C)(=O)=O)ccc1NCC#Cc1cc2c(N[C@H]3CC[C@H](N4CC(S(C)(=O)=O)C4)CC3)cccc2n1CC(F)(F)F. The molecular formula is C31H37F3N4O5S2. The number of nitrogens with zero attached hydrogens (tertiary/aromatic N) is 2. The number of rotatable bonds is 9. The number of aromatic nitrogens is 1. The van der Waals surface area contributed by atoms with Gasteiger partial charge in [-0.15, -0.1) is 0 Å². The van der Waals surface area contributed by atoms with E-state index in [0.717, 1.165) is 37.6 Å². The molecule has 45 heavy (non-hydrogen) atoms. The number of alkyl halides is 3. The van der Waals surface area contributed by atoms with Crippen LogP contribution in [0.3, 0.4) is 0 Å². The van der Waals surface area contributed by atoms with Crippen LogP contribution in [0.15, 0.2) is 47.4 Å². The fraction of sp³-hybridized carbons (Fsp3) is 0.484. The van der Waals surface area contributed by atoms with Gasteiger partial charge in [-0.25, -0.2) is 16.8 Å². The molecule has 0 spiro atoms. The minimum Gasteiger partial charge on any atom is -0.495 e. The number of methoxy groups -OCH3 is 1.